The number of nitrogens with zero attached hydrogens (tertiary/aromatic N) is 1. The molecule has 102 valence electrons. The third kappa shape index (κ3) is 2.75. The second-order valence-electron chi connectivity index (χ2n) is 4.34. The Bertz CT molecular complexity index is 492. The molecule has 1 aromatic rings. The van der Waals surface area contributed by atoms with Gasteiger partial charge >= 0.3 is 0 Å². The number of hydrogen-bond donors (Lipinski definition) is 1. The van der Waals surface area contributed by atoms with Gasteiger partial charge in [-0.2, -0.15) is 4.31 Å². The number of rotatable bonds is 5. The molecule has 0 amide bonds. The molecule has 1 fully saturated rings. The van der Waals surface area contributed by atoms with E-state index in [-0.39, 0.29) is 6.04 Å². The van der Waals surface area contributed by atoms with Crippen LogP contribution in [-0.2, 0) is 21.3 Å². The molecular weight excluding hydrogens is 272 g/mol. The zero-order chi connectivity index (χ0) is 13.2. The molecule has 2 heterocycles. The Balaban J connectivity index is 2.18. The van der Waals surface area contributed by atoms with Gasteiger partial charge in [-0.15, -0.1) is 11.3 Å². The highest BCUT2D eigenvalue weighted by molar-refractivity contribution is 7.91. The van der Waals surface area contributed by atoms with Crippen molar-refractivity contribution in [3.63, 3.8) is 0 Å². The molecule has 1 aliphatic heterocycles. The van der Waals surface area contributed by atoms with Gasteiger partial charge in [0.1, 0.15) is 4.21 Å². The third-order valence-corrected chi connectivity index (χ3v) is 6.44. The molecule has 0 spiro atoms. The lowest BCUT2D eigenvalue weighted by Gasteiger charge is -2.21. The van der Waals surface area contributed by atoms with Crippen LogP contribution in [0.5, 0.6) is 0 Å². The van der Waals surface area contributed by atoms with Crippen LogP contribution in [0.1, 0.15) is 12.0 Å². The van der Waals surface area contributed by atoms with Crippen LogP contribution in [0, 0.1) is 0 Å². The predicted octanol–water partition coefficient (Wildman–Crippen LogP) is 0.877. The summed E-state index contributed by atoms with van der Waals surface area (Å²) in [7, 11) is 0.0964. The van der Waals surface area contributed by atoms with E-state index in [1.54, 1.807) is 13.1 Å². The second-order valence-corrected chi connectivity index (χ2v) is 7.48. The number of likely N-dealkylation sites (N-methyl/N-ethyl adjacent to an activating group) is 1. The van der Waals surface area contributed by atoms with E-state index in [1.807, 2.05) is 12.4 Å². The maximum atomic E-state index is 12.4. The Hall–Kier alpha value is -0.470. The Labute approximate surface area is 112 Å². The van der Waals surface area contributed by atoms with Crippen molar-refractivity contribution in [2.75, 3.05) is 27.3 Å². The smallest absolute Gasteiger partial charge is 0.252 e. The van der Waals surface area contributed by atoms with Crippen molar-refractivity contribution in [2.24, 2.45) is 0 Å². The van der Waals surface area contributed by atoms with Gasteiger partial charge in [-0.1, -0.05) is 0 Å². The fraction of sp³-hybridized carbons (Fsp3) is 0.636. The molecule has 0 aromatic carbocycles. The normalized spacial score (nSPS) is 20.7. The molecule has 7 heteroatoms. The maximum Gasteiger partial charge on any atom is 0.252 e. The van der Waals surface area contributed by atoms with Gasteiger partial charge in [0.05, 0.1) is 12.6 Å². The summed E-state index contributed by atoms with van der Waals surface area (Å²) in [6, 6.07) is 1.70. The zero-order valence-corrected chi connectivity index (χ0v) is 12.2. The summed E-state index contributed by atoms with van der Waals surface area (Å²) in [5.41, 5.74) is 0.997. The van der Waals surface area contributed by atoms with Crippen LogP contribution in [0.15, 0.2) is 15.7 Å². The summed E-state index contributed by atoms with van der Waals surface area (Å²) in [6.07, 6.45) is 0.768. The largest absolute Gasteiger partial charge is 0.380 e. The van der Waals surface area contributed by atoms with Gasteiger partial charge in [0.2, 0.25) is 0 Å². The van der Waals surface area contributed by atoms with Crippen molar-refractivity contribution in [1.29, 1.82) is 0 Å². The van der Waals surface area contributed by atoms with Crippen LogP contribution >= 0.6 is 11.3 Å². The molecule has 2 rings (SSSR count). The van der Waals surface area contributed by atoms with Gasteiger partial charge in [-0.3, -0.25) is 0 Å². The number of sulfonamides is 1. The van der Waals surface area contributed by atoms with Crippen molar-refractivity contribution in [1.82, 2.24) is 9.62 Å². The van der Waals surface area contributed by atoms with Gasteiger partial charge in [0.15, 0.2) is 0 Å². The second kappa shape index (κ2) is 5.66. The van der Waals surface area contributed by atoms with Gasteiger partial charge in [0, 0.05) is 20.2 Å². The lowest BCUT2D eigenvalue weighted by molar-refractivity contribution is 0.181. The molecule has 0 bridgehead atoms. The first kappa shape index (κ1) is 14.0. The van der Waals surface area contributed by atoms with E-state index < -0.39 is 10.0 Å². The predicted molar refractivity (Wildman–Crippen MR) is 71.3 cm³/mol. The molecule has 5 nitrogen and oxygen atoms in total. The van der Waals surface area contributed by atoms with E-state index in [4.69, 9.17) is 4.74 Å². The molecule has 0 aliphatic carbocycles. The van der Waals surface area contributed by atoms with Crippen LogP contribution in [0.25, 0.3) is 0 Å². The van der Waals surface area contributed by atoms with Gasteiger partial charge in [0.25, 0.3) is 10.0 Å². The van der Waals surface area contributed by atoms with Gasteiger partial charge in [-0.25, -0.2) is 8.42 Å². The average Bonchev–Trinajstić information content (AvgIpc) is 2.99. The summed E-state index contributed by atoms with van der Waals surface area (Å²) in [4.78, 5) is 0. The SMILES string of the molecule is CNCc1csc(S(=O)(=O)N(C)C2CCOC2)c1. The molecule has 1 aliphatic rings. The summed E-state index contributed by atoms with van der Waals surface area (Å²) in [6.45, 7) is 1.81. The molecule has 1 unspecified atom stereocenters. The summed E-state index contributed by atoms with van der Waals surface area (Å²) < 4.78 is 31.9. The number of nitrogens with one attached hydrogen (secondary N) is 1. The molecule has 18 heavy (non-hydrogen) atoms. The minimum atomic E-state index is -3.38. The minimum absolute atomic E-state index is 0.0372. The van der Waals surface area contributed by atoms with Crippen LogP contribution in [0.4, 0.5) is 0 Å². The van der Waals surface area contributed by atoms with Crippen molar-refractivity contribution in [3.8, 4) is 0 Å². The Morgan fingerprint density at radius 3 is 3.00 bits per heavy atom. The van der Waals surface area contributed by atoms with Crippen LogP contribution in [0.2, 0.25) is 0 Å². The standard InChI is InChI=1S/C11H18N2O3S2/c1-12-6-9-5-11(17-8-9)18(14,15)13(2)10-3-4-16-7-10/h5,8,10,12H,3-4,6-7H2,1-2H3. The Kier molecular flexibility index (Phi) is 4.39. The van der Waals surface area contributed by atoms with E-state index in [0.717, 1.165) is 12.0 Å². The van der Waals surface area contributed by atoms with Gasteiger partial charge < -0.3 is 10.1 Å². The van der Waals surface area contributed by atoms with Crippen molar-refractivity contribution >= 4 is 21.4 Å². The molecule has 1 N–H and O–H groups in total. The highest BCUT2D eigenvalue weighted by atomic mass is 32.2. The monoisotopic (exact) mass is 290 g/mol. The maximum absolute atomic E-state index is 12.4. The molecule has 0 saturated carbocycles. The fourth-order valence-electron chi connectivity index (χ4n) is 1.93. The fourth-order valence-corrected chi connectivity index (χ4v) is 4.70. The first-order valence-electron chi connectivity index (χ1n) is 5.83. The van der Waals surface area contributed by atoms with Crippen molar-refractivity contribution < 1.29 is 13.2 Å². The highest BCUT2D eigenvalue weighted by Crippen LogP contribution is 2.26. The topological polar surface area (TPSA) is 58.6 Å². The van der Waals surface area contributed by atoms with E-state index >= 15 is 0 Å². The average molecular weight is 290 g/mol. The molecule has 1 saturated heterocycles. The molecule has 1 atom stereocenters. The quantitative estimate of drug-likeness (QED) is 0.874. The minimum Gasteiger partial charge on any atom is -0.380 e. The first-order valence-corrected chi connectivity index (χ1v) is 8.15. The Morgan fingerprint density at radius 1 is 1.61 bits per heavy atom. The van der Waals surface area contributed by atoms with Crippen LogP contribution < -0.4 is 5.32 Å². The van der Waals surface area contributed by atoms with Crippen LogP contribution in [-0.4, -0.2) is 46.1 Å². The van der Waals surface area contributed by atoms with Crippen molar-refractivity contribution in [2.45, 2.75) is 23.2 Å². The number of hydrogen-bond acceptors (Lipinski definition) is 5. The van der Waals surface area contributed by atoms with E-state index in [9.17, 15) is 8.42 Å². The number of thiophene rings is 1. The highest BCUT2D eigenvalue weighted by Gasteiger charge is 2.31. The van der Waals surface area contributed by atoms with E-state index in [0.29, 0.717) is 24.0 Å². The summed E-state index contributed by atoms with van der Waals surface area (Å²) in [5, 5.41) is 4.89. The molecular formula is C11H18N2O3S2. The number of ether oxygens (including phenoxy) is 1. The van der Waals surface area contributed by atoms with Gasteiger partial charge in [-0.05, 0) is 30.5 Å². The molecule has 0 radical (unpaired) electrons. The van der Waals surface area contributed by atoms with E-state index in [2.05, 4.69) is 5.32 Å². The van der Waals surface area contributed by atoms with Crippen molar-refractivity contribution in [3.05, 3.63) is 17.0 Å². The first-order chi connectivity index (χ1) is 8.55. The zero-order valence-electron chi connectivity index (χ0n) is 10.5. The Morgan fingerprint density at radius 2 is 2.39 bits per heavy atom. The summed E-state index contributed by atoms with van der Waals surface area (Å²) >= 11 is 1.27. The lowest BCUT2D eigenvalue weighted by Crippen LogP contribution is -2.36. The third-order valence-electron chi connectivity index (χ3n) is 3.06. The van der Waals surface area contributed by atoms with E-state index in [1.165, 1.54) is 15.6 Å². The van der Waals surface area contributed by atoms with Crippen LogP contribution in [0.3, 0.4) is 0 Å². The lowest BCUT2D eigenvalue weighted by atomic mass is 10.3. The molecule has 1 aromatic heterocycles. The summed E-state index contributed by atoms with van der Waals surface area (Å²) in [5.74, 6) is 0.